The van der Waals surface area contributed by atoms with E-state index >= 15 is 0 Å². The third-order valence-electron chi connectivity index (χ3n) is 3.32. The Kier molecular flexibility index (Phi) is 5.58. The van der Waals surface area contributed by atoms with Crippen LogP contribution in [0.15, 0.2) is 30.5 Å². The van der Waals surface area contributed by atoms with E-state index in [1.54, 1.807) is 6.92 Å². The fourth-order valence-electron chi connectivity index (χ4n) is 2.29. The number of ether oxygens (including phenoxy) is 1. The molecule has 0 aliphatic rings. The molecule has 0 spiro atoms. The highest BCUT2D eigenvalue weighted by molar-refractivity contribution is 5.88. The van der Waals surface area contributed by atoms with Gasteiger partial charge in [-0.1, -0.05) is 18.2 Å². The lowest BCUT2D eigenvalue weighted by molar-refractivity contribution is -0.122. The second-order valence-corrected chi connectivity index (χ2v) is 4.86. The molecule has 1 aromatic carbocycles. The van der Waals surface area contributed by atoms with Crippen molar-refractivity contribution in [3.05, 3.63) is 36.0 Å². The zero-order valence-electron chi connectivity index (χ0n) is 12.8. The van der Waals surface area contributed by atoms with E-state index < -0.39 is 18.0 Å². The molecule has 0 saturated carbocycles. The molecule has 1 heterocycles. The van der Waals surface area contributed by atoms with Crippen LogP contribution in [-0.2, 0) is 16.0 Å². The van der Waals surface area contributed by atoms with E-state index in [9.17, 15) is 9.59 Å². The summed E-state index contributed by atoms with van der Waals surface area (Å²) >= 11 is 0. The number of hydrogen-bond donors (Lipinski definition) is 3. The molecule has 0 radical (unpaired) electrons. The van der Waals surface area contributed by atoms with Gasteiger partial charge in [-0.2, -0.15) is 5.26 Å². The summed E-state index contributed by atoms with van der Waals surface area (Å²) in [5.74, 6) is -0.426. The number of aromatic nitrogens is 1. The van der Waals surface area contributed by atoms with Crippen LogP contribution in [0, 0.1) is 11.3 Å². The number of fused-ring (bicyclic) bond motifs is 1. The van der Waals surface area contributed by atoms with Gasteiger partial charge in [-0.15, -0.1) is 0 Å². The van der Waals surface area contributed by atoms with Gasteiger partial charge in [-0.05, 0) is 18.6 Å². The number of nitriles is 1. The Balaban J connectivity index is 2.17. The molecule has 7 heteroatoms. The SMILES string of the molecule is CCOC(=O)NC(Cc1c[nH]c2ccccc12)C(=O)NCC#N. The largest absolute Gasteiger partial charge is 0.450 e. The lowest BCUT2D eigenvalue weighted by Gasteiger charge is -2.17. The maximum absolute atomic E-state index is 12.2. The molecule has 1 aromatic heterocycles. The van der Waals surface area contributed by atoms with Gasteiger partial charge in [0.15, 0.2) is 0 Å². The molecule has 1 unspecified atom stereocenters. The topological polar surface area (TPSA) is 107 Å². The Hall–Kier alpha value is -3.01. The molecule has 2 rings (SSSR count). The smallest absolute Gasteiger partial charge is 0.407 e. The number of nitrogens with one attached hydrogen (secondary N) is 3. The summed E-state index contributed by atoms with van der Waals surface area (Å²) in [7, 11) is 0. The van der Waals surface area contributed by atoms with Crippen molar-refractivity contribution in [2.45, 2.75) is 19.4 Å². The van der Waals surface area contributed by atoms with Gasteiger partial charge < -0.3 is 20.4 Å². The predicted molar refractivity (Wildman–Crippen MR) is 84.6 cm³/mol. The van der Waals surface area contributed by atoms with Crippen LogP contribution in [0.1, 0.15) is 12.5 Å². The summed E-state index contributed by atoms with van der Waals surface area (Å²) in [6.07, 6.45) is 1.44. The van der Waals surface area contributed by atoms with Crippen molar-refractivity contribution in [3.63, 3.8) is 0 Å². The first-order chi connectivity index (χ1) is 11.2. The summed E-state index contributed by atoms with van der Waals surface area (Å²) in [4.78, 5) is 26.9. The van der Waals surface area contributed by atoms with E-state index in [2.05, 4.69) is 15.6 Å². The highest BCUT2D eigenvalue weighted by Gasteiger charge is 2.22. The van der Waals surface area contributed by atoms with E-state index in [4.69, 9.17) is 10.00 Å². The third kappa shape index (κ3) is 4.23. The second-order valence-electron chi connectivity index (χ2n) is 4.86. The highest BCUT2D eigenvalue weighted by Crippen LogP contribution is 2.19. The third-order valence-corrected chi connectivity index (χ3v) is 3.32. The Morgan fingerprint density at radius 1 is 1.39 bits per heavy atom. The van der Waals surface area contributed by atoms with Gasteiger partial charge >= 0.3 is 6.09 Å². The zero-order valence-corrected chi connectivity index (χ0v) is 12.8. The van der Waals surface area contributed by atoms with Crippen molar-refractivity contribution in [2.75, 3.05) is 13.2 Å². The summed E-state index contributed by atoms with van der Waals surface area (Å²) in [6, 6.07) is 8.71. The van der Waals surface area contributed by atoms with E-state index in [1.165, 1.54) is 0 Å². The minimum Gasteiger partial charge on any atom is -0.450 e. The molecular weight excluding hydrogens is 296 g/mol. The van der Waals surface area contributed by atoms with Crippen molar-refractivity contribution in [1.29, 1.82) is 5.26 Å². The van der Waals surface area contributed by atoms with Gasteiger partial charge in [-0.25, -0.2) is 4.79 Å². The molecular formula is C16H18N4O3. The maximum atomic E-state index is 12.2. The molecule has 0 saturated heterocycles. The van der Waals surface area contributed by atoms with Crippen molar-refractivity contribution >= 4 is 22.9 Å². The Bertz CT molecular complexity index is 732. The normalized spacial score (nSPS) is 11.5. The molecule has 0 aliphatic carbocycles. The molecule has 7 nitrogen and oxygen atoms in total. The van der Waals surface area contributed by atoms with E-state index in [0.717, 1.165) is 16.5 Å². The van der Waals surface area contributed by atoms with E-state index in [0.29, 0.717) is 6.42 Å². The summed E-state index contributed by atoms with van der Waals surface area (Å²) in [5.41, 5.74) is 1.85. The van der Waals surface area contributed by atoms with Crippen LogP contribution in [0.25, 0.3) is 10.9 Å². The standard InChI is InChI=1S/C16H18N4O3/c1-2-23-16(22)20-14(15(21)18-8-7-17)9-11-10-19-13-6-4-3-5-12(11)13/h3-6,10,14,19H,2,8-9H2,1H3,(H,18,21)(H,20,22). The van der Waals surface area contributed by atoms with Crippen LogP contribution >= 0.6 is 0 Å². The molecule has 0 aliphatic heterocycles. The van der Waals surface area contributed by atoms with Crippen LogP contribution in [0.3, 0.4) is 0 Å². The number of aromatic amines is 1. The number of hydrogen-bond acceptors (Lipinski definition) is 4. The van der Waals surface area contributed by atoms with Gasteiger partial charge in [0, 0.05) is 23.5 Å². The molecule has 0 bridgehead atoms. The van der Waals surface area contributed by atoms with E-state index in [1.807, 2.05) is 36.5 Å². The van der Waals surface area contributed by atoms with Crippen LogP contribution in [0.2, 0.25) is 0 Å². The van der Waals surface area contributed by atoms with Crippen LogP contribution in [-0.4, -0.2) is 36.2 Å². The Morgan fingerprint density at radius 2 is 2.17 bits per heavy atom. The van der Waals surface area contributed by atoms with Gasteiger partial charge in [0.05, 0.1) is 12.7 Å². The molecule has 0 fully saturated rings. The molecule has 120 valence electrons. The Labute approximate surface area is 133 Å². The fraction of sp³-hybridized carbons (Fsp3) is 0.312. The van der Waals surface area contributed by atoms with Crippen LogP contribution in [0.4, 0.5) is 4.79 Å². The Morgan fingerprint density at radius 3 is 2.91 bits per heavy atom. The predicted octanol–water partition coefficient (Wildman–Crippen LogP) is 1.46. The summed E-state index contributed by atoms with van der Waals surface area (Å²) in [6.45, 7) is 1.78. The minimum atomic E-state index is -0.818. The first-order valence-corrected chi connectivity index (χ1v) is 7.28. The maximum Gasteiger partial charge on any atom is 0.407 e. The number of benzene rings is 1. The molecule has 23 heavy (non-hydrogen) atoms. The average molecular weight is 314 g/mol. The van der Waals surface area contributed by atoms with Crippen LogP contribution in [0.5, 0.6) is 0 Å². The number of nitrogens with zero attached hydrogens (tertiary/aromatic N) is 1. The quantitative estimate of drug-likeness (QED) is 0.702. The number of carbonyl (C=O) groups is 2. The molecule has 2 aromatic rings. The lowest BCUT2D eigenvalue weighted by atomic mass is 10.0. The van der Waals surface area contributed by atoms with Crippen molar-refractivity contribution in [3.8, 4) is 6.07 Å². The van der Waals surface area contributed by atoms with Crippen molar-refractivity contribution < 1.29 is 14.3 Å². The van der Waals surface area contributed by atoms with Crippen LogP contribution < -0.4 is 10.6 Å². The molecule has 3 N–H and O–H groups in total. The lowest BCUT2D eigenvalue weighted by Crippen LogP contribution is -2.48. The first kappa shape index (κ1) is 16.4. The first-order valence-electron chi connectivity index (χ1n) is 7.28. The van der Waals surface area contributed by atoms with Crippen molar-refractivity contribution in [1.82, 2.24) is 15.6 Å². The highest BCUT2D eigenvalue weighted by atomic mass is 16.5. The molecule has 1 atom stereocenters. The number of rotatable bonds is 6. The number of para-hydroxylation sites is 1. The van der Waals surface area contributed by atoms with E-state index in [-0.39, 0.29) is 13.2 Å². The van der Waals surface area contributed by atoms with Crippen molar-refractivity contribution in [2.24, 2.45) is 0 Å². The second kappa shape index (κ2) is 7.84. The number of H-pyrrole nitrogens is 1. The monoisotopic (exact) mass is 314 g/mol. The molecule has 2 amide bonds. The average Bonchev–Trinajstić information content (AvgIpc) is 2.95. The van der Waals surface area contributed by atoms with Gasteiger partial charge in [0.25, 0.3) is 0 Å². The van der Waals surface area contributed by atoms with Gasteiger partial charge in [0.2, 0.25) is 5.91 Å². The summed E-state index contributed by atoms with van der Waals surface area (Å²) in [5, 5.41) is 14.6. The minimum absolute atomic E-state index is 0.117. The number of amides is 2. The van der Waals surface area contributed by atoms with Gasteiger partial charge in [-0.3, -0.25) is 4.79 Å². The zero-order chi connectivity index (χ0) is 16.7. The number of alkyl carbamates (subject to hydrolysis) is 1. The summed E-state index contributed by atoms with van der Waals surface area (Å²) < 4.78 is 4.83. The number of carbonyl (C=O) groups excluding carboxylic acids is 2. The van der Waals surface area contributed by atoms with Gasteiger partial charge in [0.1, 0.15) is 12.6 Å². The fourth-order valence-corrected chi connectivity index (χ4v) is 2.29.